The van der Waals surface area contributed by atoms with E-state index in [0.717, 1.165) is 29.5 Å². The van der Waals surface area contributed by atoms with Crippen LogP contribution in [0.4, 0.5) is 0 Å². The first-order chi connectivity index (χ1) is 11.2. The highest BCUT2D eigenvalue weighted by Crippen LogP contribution is 2.25. The lowest BCUT2D eigenvalue weighted by atomic mass is 10.1. The number of rotatable bonds is 6. The van der Waals surface area contributed by atoms with Gasteiger partial charge in [0.2, 0.25) is 0 Å². The van der Waals surface area contributed by atoms with Crippen LogP contribution in [0.5, 0.6) is 0 Å². The van der Waals surface area contributed by atoms with E-state index in [0.29, 0.717) is 6.04 Å². The molecule has 2 heterocycles. The number of aromatic nitrogens is 2. The Kier molecular flexibility index (Phi) is 5.36. The van der Waals surface area contributed by atoms with Crippen LogP contribution >= 0.6 is 11.6 Å². The minimum atomic E-state index is 0.425. The molecule has 5 heteroatoms. The highest BCUT2D eigenvalue weighted by molar-refractivity contribution is 6.30. The molecule has 1 aliphatic heterocycles. The highest BCUT2D eigenvalue weighted by atomic mass is 35.5. The summed E-state index contributed by atoms with van der Waals surface area (Å²) in [5.41, 5.74) is 3.49. The lowest BCUT2D eigenvalue weighted by Gasteiger charge is -2.28. The summed E-state index contributed by atoms with van der Waals surface area (Å²) < 4.78 is 1.74. The largest absolute Gasteiger partial charge is 0.311 e. The number of likely N-dealkylation sites (tertiary alicyclic amines) is 1. The Bertz CT molecular complexity index is 632. The Morgan fingerprint density at radius 2 is 1.91 bits per heavy atom. The summed E-state index contributed by atoms with van der Waals surface area (Å²) in [6, 6.07) is 11.2. The minimum absolute atomic E-state index is 0.425. The zero-order valence-corrected chi connectivity index (χ0v) is 14.7. The lowest BCUT2D eigenvalue weighted by Crippen LogP contribution is -2.34. The van der Waals surface area contributed by atoms with Crippen LogP contribution in [0.2, 0.25) is 5.15 Å². The van der Waals surface area contributed by atoms with Gasteiger partial charge in [-0.25, -0.2) is 0 Å². The number of nitrogens with zero attached hydrogens (tertiary/aromatic N) is 3. The van der Waals surface area contributed by atoms with Gasteiger partial charge < -0.3 is 5.32 Å². The van der Waals surface area contributed by atoms with Crippen LogP contribution in [-0.2, 0) is 13.6 Å². The fourth-order valence-corrected chi connectivity index (χ4v) is 3.64. The predicted octanol–water partition coefficient (Wildman–Crippen LogP) is 3.31. The van der Waals surface area contributed by atoms with Gasteiger partial charge in [-0.3, -0.25) is 9.58 Å². The molecule has 1 saturated heterocycles. The lowest BCUT2D eigenvalue weighted by molar-refractivity contribution is 0.238. The van der Waals surface area contributed by atoms with Gasteiger partial charge in [-0.1, -0.05) is 41.9 Å². The van der Waals surface area contributed by atoms with Gasteiger partial charge >= 0.3 is 0 Å². The molecule has 1 aliphatic rings. The molecule has 0 aliphatic carbocycles. The van der Waals surface area contributed by atoms with Gasteiger partial charge in [0, 0.05) is 31.7 Å². The van der Waals surface area contributed by atoms with Gasteiger partial charge in [0.15, 0.2) is 0 Å². The van der Waals surface area contributed by atoms with Gasteiger partial charge in [0.1, 0.15) is 5.15 Å². The maximum absolute atomic E-state index is 6.32. The van der Waals surface area contributed by atoms with Crippen LogP contribution in [0.15, 0.2) is 30.3 Å². The standard InChI is InChI=1S/C18H25ClN4/c1-14-16(18(19)22(2)21-14)12-20-13-17(23-10-6-7-11-23)15-8-4-3-5-9-15/h3-5,8-9,17,20H,6-7,10-13H2,1-2H3. The molecular weight excluding hydrogens is 308 g/mol. The van der Waals surface area contributed by atoms with Crippen LogP contribution in [0.3, 0.4) is 0 Å². The van der Waals surface area contributed by atoms with E-state index in [1.54, 1.807) is 4.68 Å². The van der Waals surface area contributed by atoms with Gasteiger partial charge in [-0.2, -0.15) is 5.10 Å². The first kappa shape index (κ1) is 16.5. The molecule has 1 fully saturated rings. The second kappa shape index (κ2) is 7.47. The normalized spacial score (nSPS) is 16.8. The number of halogens is 1. The van der Waals surface area contributed by atoms with Crippen LogP contribution in [-0.4, -0.2) is 34.3 Å². The number of benzene rings is 1. The second-order valence-electron chi connectivity index (χ2n) is 6.28. The molecule has 0 spiro atoms. The second-order valence-corrected chi connectivity index (χ2v) is 6.64. The molecule has 23 heavy (non-hydrogen) atoms. The van der Waals surface area contributed by atoms with Gasteiger partial charge in [0.25, 0.3) is 0 Å². The monoisotopic (exact) mass is 332 g/mol. The number of hydrogen-bond acceptors (Lipinski definition) is 3. The molecule has 0 radical (unpaired) electrons. The van der Waals surface area contributed by atoms with E-state index in [2.05, 4.69) is 45.6 Å². The smallest absolute Gasteiger partial charge is 0.131 e. The van der Waals surface area contributed by atoms with Crippen molar-refractivity contribution in [1.82, 2.24) is 20.0 Å². The zero-order chi connectivity index (χ0) is 16.2. The van der Waals surface area contributed by atoms with Crippen LogP contribution < -0.4 is 5.32 Å². The molecule has 1 N–H and O–H groups in total. The van der Waals surface area contributed by atoms with E-state index in [1.807, 2.05) is 14.0 Å². The molecule has 124 valence electrons. The summed E-state index contributed by atoms with van der Waals surface area (Å²) >= 11 is 6.32. The van der Waals surface area contributed by atoms with Gasteiger partial charge in [-0.15, -0.1) is 0 Å². The molecule has 3 rings (SSSR count). The average Bonchev–Trinajstić information content (AvgIpc) is 3.16. The van der Waals surface area contributed by atoms with Crippen molar-refractivity contribution in [2.75, 3.05) is 19.6 Å². The third-order valence-electron chi connectivity index (χ3n) is 4.68. The fourth-order valence-electron chi connectivity index (χ4n) is 3.39. The molecular formula is C18H25ClN4. The van der Waals surface area contributed by atoms with Crippen molar-refractivity contribution >= 4 is 11.6 Å². The molecule has 0 saturated carbocycles. The first-order valence-electron chi connectivity index (χ1n) is 8.34. The summed E-state index contributed by atoms with van der Waals surface area (Å²) in [4.78, 5) is 2.58. The van der Waals surface area contributed by atoms with E-state index in [-0.39, 0.29) is 0 Å². The van der Waals surface area contributed by atoms with Crippen molar-refractivity contribution in [1.29, 1.82) is 0 Å². The average molecular weight is 333 g/mol. The summed E-state index contributed by atoms with van der Waals surface area (Å²) in [5, 5.41) is 8.70. The Balaban J connectivity index is 1.67. The van der Waals surface area contributed by atoms with E-state index in [1.165, 1.54) is 31.5 Å². The van der Waals surface area contributed by atoms with Crippen molar-refractivity contribution < 1.29 is 0 Å². The van der Waals surface area contributed by atoms with Crippen molar-refractivity contribution in [3.63, 3.8) is 0 Å². The molecule has 4 nitrogen and oxygen atoms in total. The van der Waals surface area contributed by atoms with Crippen molar-refractivity contribution in [3.8, 4) is 0 Å². The first-order valence-corrected chi connectivity index (χ1v) is 8.72. The maximum Gasteiger partial charge on any atom is 0.131 e. The summed E-state index contributed by atoms with van der Waals surface area (Å²) in [6.45, 7) is 6.07. The van der Waals surface area contributed by atoms with E-state index < -0.39 is 0 Å². The topological polar surface area (TPSA) is 33.1 Å². The molecule has 0 amide bonds. The van der Waals surface area contributed by atoms with Gasteiger partial charge in [0.05, 0.1) is 5.69 Å². The SMILES string of the molecule is Cc1nn(C)c(Cl)c1CNCC(c1ccccc1)N1CCCC1. The van der Waals surface area contributed by atoms with E-state index >= 15 is 0 Å². The Morgan fingerprint density at radius 1 is 1.22 bits per heavy atom. The molecule has 1 aromatic heterocycles. The maximum atomic E-state index is 6.32. The molecule has 1 unspecified atom stereocenters. The number of hydrogen-bond donors (Lipinski definition) is 1. The Morgan fingerprint density at radius 3 is 2.52 bits per heavy atom. The van der Waals surface area contributed by atoms with Crippen LogP contribution in [0.25, 0.3) is 0 Å². The molecule has 0 bridgehead atoms. The molecule has 1 aromatic carbocycles. The quantitative estimate of drug-likeness (QED) is 0.881. The van der Waals surface area contributed by atoms with Crippen molar-refractivity contribution in [3.05, 3.63) is 52.3 Å². The summed E-state index contributed by atoms with van der Waals surface area (Å²) in [5.74, 6) is 0. The van der Waals surface area contributed by atoms with Crippen molar-refractivity contribution in [2.24, 2.45) is 7.05 Å². The fraction of sp³-hybridized carbons (Fsp3) is 0.500. The summed E-state index contributed by atoms with van der Waals surface area (Å²) in [6.07, 6.45) is 2.60. The number of aryl methyl sites for hydroxylation is 2. The Labute approximate surface area is 143 Å². The van der Waals surface area contributed by atoms with E-state index in [4.69, 9.17) is 11.6 Å². The predicted molar refractivity (Wildman–Crippen MR) is 94.7 cm³/mol. The zero-order valence-electron chi connectivity index (χ0n) is 13.9. The van der Waals surface area contributed by atoms with Gasteiger partial charge in [-0.05, 0) is 38.4 Å². The van der Waals surface area contributed by atoms with Crippen LogP contribution in [0, 0.1) is 6.92 Å². The number of nitrogens with one attached hydrogen (secondary N) is 1. The van der Waals surface area contributed by atoms with Crippen LogP contribution in [0.1, 0.15) is 35.7 Å². The molecule has 1 atom stereocenters. The third-order valence-corrected chi connectivity index (χ3v) is 5.15. The summed E-state index contributed by atoms with van der Waals surface area (Å²) in [7, 11) is 1.88. The highest BCUT2D eigenvalue weighted by Gasteiger charge is 2.23. The molecule has 2 aromatic rings. The van der Waals surface area contributed by atoms with Crippen molar-refractivity contribution in [2.45, 2.75) is 32.4 Å². The Hall–Kier alpha value is -1.36. The van der Waals surface area contributed by atoms with E-state index in [9.17, 15) is 0 Å². The third kappa shape index (κ3) is 3.77. The minimum Gasteiger partial charge on any atom is -0.311 e.